The first kappa shape index (κ1) is 20.8. The predicted molar refractivity (Wildman–Crippen MR) is 117 cm³/mol. The van der Waals surface area contributed by atoms with E-state index < -0.39 is 17.4 Å². The molecule has 1 heterocycles. The number of rotatable bonds is 4. The van der Waals surface area contributed by atoms with Crippen LogP contribution in [-0.2, 0) is 5.72 Å². The summed E-state index contributed by atoms with van der Waals surface area (Å²) in [7, 11) is 1.36. The van der Waals surface area contributed by atoms with Gasteiger partial charge in [0.25, 0.3) is 5.91 Å². The summed E-state index contributed by atoms with van der Waals surface area (Å²) in [4.78, 5) is 13.3. The van der Waals surface area contributed by atoms with Crippen LogP contribution >= 0.6 is 0 Å². The van der Waals surface area contributed by atoms with Gasteiger partial charge in [0.2, 0.25) is 0 Å². The highest BCUT2D eigenvalue weighted by atomic mass is 19.1. The molecule has 0 spiro atoms. The molecule has 4 rings (SSSR count). The molecule has 31 heavy (non-hydrogen) atoms. The van der Waals surface area contributed by atoms with Gasteiger partial charge < -0.3 is 9.84 Å². The molecule has 1 aliphatic heterocycles. The van der Waals surface area contributed by atoms with E-state index in [-0.39, 0.29) is 17.7 Å². The highest BCUT2D eigenvalue weighted by Gasteiger charge is 2.46. The second-order valence-electron chi connectivity index (χ2n) is 7.74. The largest absolute Gasteiger partial charge is 0.494 e. The molecule has 3 aromatic rings. The van der Waals surface area contributed by atoms with Crippen molar-refractivity contribution in [3.05, 3.63) is 100 Å². The molecule has 3 aromatic carbocycles. The van der Waals surface area contributed by atoms with Crippen molar-refractivity contribution >= 4 is 11.6 Å². The topological polar surface area (TPSA) is 62.1 Å². The smallest absolute Gasteiger partial charge is 0.277 e. The lowest BCUT2D eigenvalue weighted by molar-refractivity contribution is -0.0765. The van der Waals surface area contributed by atoms with E-state index in [1.165, 1.54) is 19.2 Å². The maximum Gasteiger partial charge on any atom is 0.277 e. The summed E-state index contributed by atoms with van der Waals surface area (Å²) in [5.41, 5.74) is 2.42. The summed E-state index contributed by atoms with van der Waals surface area (Å²) in [5, 5.41) is 17.2. The van der Waals surface area contributed by atoms with Gasteiger partial charge in [0.1, 0.15) is 0 Å². The summed E-state index contributed by atoms with van der Waals surface area (Å²) in [5.74, 6) is -1.23. The fraction of sp³-hybridized carbons (Fsp3) is 0.200. The Labute approximate surface area is 180 Å². The van der Waals surface area contributed by atoms with Crippen molar-refractivity contribution in [3.63, 3.8) is 0 Å². The zero-order chi connectivity index (χ0) is 22.2. The minimum atomic E-state index is -1.69. The van der Waals surface area contributed by atoms with Crippen molar-refractivity contribution in [1.29, 1.82) is 0 Å². The number of hydrogen-bond donors (Lipinski definition) is 1. The maximum atomic E-state index is 14.2. The summed E-state index contributed by atoms with van der Waals surface area (Å²) in [6, 6.07) is 18.9. The molecule has 6 heteroatoms. The molecule has 0 radical (unpaired) electrons. The van der Waals surface area contributed by atoms with Gasteiger partial charge >= 0.3 is 0 Å². The molecule has 1 amide bonds. The molecule has 0 fully saturated rings. The Morgan fingerprint density at radius 1 is 1.03 bits per heavy atom. The Kier molecular flexibility index (Phi) is 5.33. The molecular weight excluding hydrogens is 395 g/mol. The van der Waals surface area contributed by atoms with Gasteiger partial charge in [0, 0.05) is 17.5 Å². The number of ether oxygens (including phenoxy) is 1. The first-order valence-electron chi connectivity index (χ1n) is 9.94. The van der Waals surface area contributed by atoms with Crippen LogP contribution in [0, 0.1) is 19.7 Å². The number of carbonyl (C=O) groups is 1. The Morgan fingerprint density at radius 2 is 1.65 bits per heavy atom. The van der Waals surface area contributed by atoms with Crippen LogP contribution in [0.15, 0.2) is 71.8 Å². The average molecular weight is 418 g/mol. The second kappa shape index (κ2) is 7.96. The normalized spacial score (nSPS) is 18.1. The van der Waals surface area contributed by atoms with E-state index in [9.17, 15) is 14.3 Å². The van der Waals surface area contributed by atoms with Crippen LogP contribution in [0.1, 0.15) is 39.0 Å². The Morgan fingerprint density at radius 3 is 2.23 bits per heavy atom. The van der Waals surface area contributed by atoms with Crippen molar-refractivity contribution < 1.29 is 19.0 Å². The predicted octanol–water partition coefficient (Wildman–Crippen LogP) is 4.55. The molecule has 5 nitrogen and oxygen atoms in total. The molecule has 1 aliphatic rings. The van der Waals surface area contributed by atoms with Crippen LogP contribution in [0.2, 0.25) is 0 Å². The molecule has 1 unspecified atom stereocenters. The van der Waals surface area contributed by atoms with Gasteiger partial charge in [-0.15, -0.1) is 0 Å². The number of methoxy groups -OCH3 is 1. The van der Waals surface area contributed by atoms with Gasteiger partial charge in [0.05, 0.1) is 12.8 Å². The zero-order valence-electron chi connectivity index (χ0n) is 17.6. The number of carbonyl (C=O) groups excluding carboxylic acids is 1. The van der Waals surface area contributed by atoms with Crippen molar-refractivity contribution in [2.75, 3.05) is 7.11 Å². The van der Waals surface area contributed by atoms with Gasteiger partial charge in [-0.3, -0.25) is 4.79 Å². The number of benzene rings is 3. The third-order valence-corrected chi connectivity index (χ3v) is 5.47. The number of aryl methyl sites for hydroxylation is 2. The summed E-state index contributed by atoms with van der Waals surface area (Å²) < 4.78 is 19.2. The fourth-order valence-electron chi connectivity index (χ4n) is 3.63. The number of hydrogen-bond acceptors (Lipinski definition) is 4. The second-order valence-corrected chi connectivity index (χ2v) is 7.74. The van der Waals surface area contributed by atoms with E-state index in [1.54, 1.807) is 12.1 Å². The van der Waals surface area contributed by atoms with Crippen molar-refractivity contribution in [3.8, 4) is 5.75 Å². The fourth-order valence-corrected chi connectivity index (χ4v) is 3.63. The number of nitrogens with zero attached hydrogens (tertiary/aromatic N) is 2. The zero-order valence-corrected chi connectivity index (χ0v) is 17.6. The van der Waals surface area contributed by atoms with Gasteiger partial charge in [-0.05, 0) is 37.6 Å². The van der Waals surface area contributed by atoms with E-state index in [4.69, 9.17) is 4.74 Å². The van der Waals surface area contributed by atoms with E-state index in [0.29, 0.717) is 11.3 Å². The lowest BCUT2D eigenvalue weighted by Crippen LogP contribution is -2.43. The first-order valence-corrected chi connectivity index (χ1v) is 9.94. The lowest BCUT2D eigenvalue weighted by Gasteiger charge is -2.31. The minimum absolute atomic E-state index is 0.0376. The summed E-state index contributed by atoms with van der Waals surface area (Å²) >= 11 is 0. The molecule has 0 aliphatic carbocycles. The van der Waals surface area contributed by atoms with Crippen molar-refractivity contribution in [1.82, 2.24) is 5.01 Å². The Bertz CT molecular complexity index is 1160. The third kappa shape index (κ3) is 3.82. The van der Waals surface area contributed by atoms with Gasteiger partial charge in [-0.25, -0.2) is 4.39 Å². The molecule has 1 atom stereocenters. The number of aliphatic hydroxyl groups is 1. The van der Waals surface area contributed by atoms with Crippen molar-refractivity contribution in [2.45, 2.75) is 26.0 Å². The van der Waals surface area contributed by atoms with Crippen LogP contribution in [0.4, 0.5) is 4.39 Å². The molecular formula is C25H23FN2O3. The first-order chi connectivity index (χ1) is 14.8. The Hall–Kier alpha value is -3.51. The van der Waals surface area contributed by atoms with E-state index in [2.05, 4.69) is 5.10 Å². The van der Waals surface area contributed by atoms with Gasteiger partial charge in [-0.2, -0.15) is 10.1 Å². The van der Waals surface area contributed by atoms with Crippen LogP contribution in [0.5, 0.6) is 5.75 Å². The third-order valence-electron chi connectivity index (χ3n) is 5.47. The SMILES string of the molecule is COc1ccc(C(=O)N2N=C(c3ccc(C)cc3)CC2(O)c2ccc(C)cc2)cc1F. The molecule has 0 aromatic heterocycles. The van der Waals surface area contributed by atoms with Crippen molar-refractivity contribution in [2.24, 2.45) is 5.10 Å². The monoisotopic (exact) mass is 418 g/mol. The van der Waals surface area contributed by atoms with Gasteiger partial charge in [-0.1, -0.05) is 59.7 Å². The molecule has 1 N–H and O–H groups in total. The molecule has 158 valence electrons. The molecule has 0 bridgehead atoms. The number of hydrazone groups is 1. The molecule has 0 saturated carbocycles. The van der Waals surface area contributed by atoms with Crippen LogP contribution in [0.25, 0.3) is 0 Å². The standard InChI is InChI=1S/C25H23FN2O3/c1-16-4-8-18(9-5-16)22-15-25(30,20-11-6-17(2)7-12-20)28(27-22)24(29)19-10-13-23(31-3)21(26)14-19/h4-14,30H,15H2,1-3H3. The lowest BCUT2D eigenvalue weighted by atomic mass is 9.93. The van der Waals surface area contributed by atoms with E-state index in [1.807, 2.05) is 50.2 Å². The quantitative estimate of drug-likeness (QED) is 0.676. The number of amides is 1. The maximum absolute atomic E-state index is 14.2. The minimum Gasteiger partial charge on any atom is -0.494 e. The van der Waals surface area contributed by atoms with Gasteiger partial charge in [0.15, 0.2) is 17.3 Å². The van der Waals surface area contributed by atoms with Crippen LogP contribution in [0.3, 0.4) is 0 Å². The summed E-state index contributed by atoms with van der Waals surface area (Å²) in [6.45, 7) is 3.93. The summed E-state index contributed by atoms with van der Waals surface area (Å²) in [6.07, 6.45) is 0.115. The van der Waals surface area contributed by atoms with Crippen LogP contribution in [-0.4, -0.2) is 28.8 Å². The van der Waals surface area contributed by atoms with E-state index >= 15 is 0 Å². The average Bonchev–Trinajstić information content (AvgIpc) is 3.12. The van der Waals surface area contributed by atoms with E-state index in [0.717, 1.165) is 27.8 Å². The van der Waals surface area contributed by atoms with Crippen LogP contribution < -0.4 is 4.74 Å². The molecule has 0 saturated heterocycles. The highest BCUT2D eigenvalue weighted by molar-refractivity contribution is 6.05. The Balaban J connectivity index is 1.79. The number of halogens is 1. The highest BCUT2D eigenvalue weighted by Crippen LogP contribution is 2.38.